The Balaban J connectivity index is 1.85. The molecule has 6 nitrogen and oxygen atoms in total. The summed E-state index contributed by atoms with van der Waals surface area (Å²) in [6.45, 7) is 2.86. The molecule has 0 aromatic carbocycles. The summed E-state index contributed by atoms with van der Waals surface area (Å²) in [4.78, 5) is 15.5. The average Bonchev–Trinajstić information content (AvgIpc) is 2.79. The number of hydrogen-bond acceptors (Lipinski definition) is 5. The zero-order valence-corrected chi connectivity index (χ0v) is 12.2. The van der Waals surface area contributed by atoms with E-state index in [0.717, 1.165) is 10.1 Å². The van der Waals surface area contributed by atoms with Crippen molar-refractivity contribution in [2.75, 3.05) is 18.5 Å². The van der Waals surface area contributed by atoms with Crippen molar-refractivity contribution in [3.05, 3.63) is 22.8 Å². The molecule has 2 heterocycles. The van der Waals surface area contributed by atoms with Gasteiger partial charge in [0.05, 0.1) is 11.1 Å². The van der Waals surface area contributed by atoms with Gasteiger partial charge in [-0.2, -0.15) is 4.98 Å². The minimum Gasteiger partial charge on any atom is -0.466 e. The predicted octanol–water partition coefficient (Wildman–Crippen LogP) is 2.25. The third-order valence-corrected chi connectivity index (χ3v) is 3.08. The molecular formula is C12H15BrN4O2. The maximum Gasteiger partial charge on any atom is 0.305 e. The number of halogens is 1. The number of rotatable bonds is 6. The maximum atomic E-state index is 11.1. The normalized spacial score (nSPS) is 10.6. The monoisotopic (exact) mass is 326 g/mol. The first-order valence-corrected chi connectivity index (χ1v) is 6.90. The lowest BCUT2D eigenvalue weighted by molar-refractivity contribution is -0.143. The Kier molecular flexibility index (Phi) is 4.73. The number of nitrogens with one attached hydrogen (secondary N) is 1. The molecule has 0 saturated carbocycles. The van der Waals surface area contributed by atoms with Gasteiger partial charge in [-0.1, -0.05) is 0 Å². The highest BCUT2D eigenvalue weighted by atomic mass is 79.9. The Labute approximate surface area is 119 Å². The van der Waals surface area contributed by atoms with Crippen molar-refractivity contribution in [1.82, 2.24) is 14.6 Å². The minimum absolute atomic E-state index is 0.171. The number of fused-ring (bicyclic) bond motifs is 1. The van der Waals surface area contributed by atoms with Crippen molar-refractivity contribution in [3.8, 4) is 0 Å². The summed E-state index contributed by atoms with van der Waals surface area (Å²) in [5, 5.41) is 7.36. The van der Waals surface area contributed by atoms with E-state index in [2.05, 4.69) is 31.3 Å². The van der Waals surface area contributed by atoms with Crippen LogP contribution in [-0.2, 0) is 9.53 Å². The highest BCUT2D eigenvalue weighted by molar-refractivity contribution is 9.10. The number of ether oxygens (including phenoxy) is 1. The van der Waals surface area contributed by atoms with Gasteiger partial charge in [-0.05, 0) is 41.4 Å². The summed E-state index contributed by atoms with van der Waals surface area (Å²) in [5.74, 6) is 0.380. The van der Waals surface area contributed by atoms with Gasteiger partial charge in [0.2, 0.25) is 5.95 Å². The van der Waals surface area contributed by atoms with Gasteiger partial charge in [-0.3, -0.25) is 4.79 Å². The van der Waals surface area contributed by atoms with Crippen LogP contribution in [0.1, 0.15) is 19.8 Å². The fourth-order valence-electron chi connectivity index (χ4n) is 1.61. The van der Waals surface area contributed by atoms with Crippen molar-refractivity contribution in [3.63, 3.8) is 0 Å². The minimum atomic E-state index is -0.171. The van der Waals surface area contributed by atoms with Gasteiger partial charge < -0.3 is 10.1 Å². The van der Waals surface area contributed by atoms with E-state index in [-0.39, 0.29) is 5.97 Å². The molecule has 0 aliphatic carbocycles. The summed E-state index contributed by atoms with van der Waals surface area (Å²) in [5.41, 5.74) is 0.760. The van der Waals surface area contributed by atoms with E-state index in [4.69, 9.17) is 4.74 Å². The number of aromatic nitrogens is 3. The second-order valence-corrected chi connectivity index (χ2v) is 4.75. The number of nitrogens with zero attached hydrogens (tertiary/aromatic N) is 3. The van der Waals surface area contributed by atoms with Crippen LogP contribution in [0, 0.1) is 0 Å². The third-order valence-electron chi connectivity index (χ3n) is 2.46. The number of carbonyl (C=O) groups excluding carboxylic acids is 1. The molecule has 0 radical (unpaired) electrons. The average molecular weight is 327 g/mol. The van der Waals surface area contributed by atoms with Crippen LogP contribution in [0.25, 0.3) is 5.65 Å². The topological polar surface area (TPSA) is 68.5 Å². The Bertz CT molecular complexity index is 570. The Morgan fingerprint density at radius 1 is 1.58 bits per heavy atom. The molecule has 2 aromatic rings. The maximum absolute atomic E-state index is 11.1. The number of pyridine rings is 1. The highest BCUT2D eigenvalue weighted by Crippen LogP contribution is 2.16. The lowest BCUT2D eigenvalue weighted by Gasteiger charge is -2.02. The quantitative estimate of drug-likeness (QED) is 0.651. The summed E-state index contributed by atoms with van der Waals surface area (Å²) in [6.07, 6.45) is 2.92. The number of anilines is 1. The Morgan fingerprint density at radius 2 is 2.42 bits per heavy atom. The number of carbonyl (C=O) groups is 1. The molecule has 2 aromatic heterocycles. The number of esters is 1. The van der Waals surface area contributed by atoms with E-state index in [0.29, 0.717) is 31.9 Å². The van der Waals surface area contributed by atoms with E-state index in [1.165, 1.54) is 0 Å². The molecule has 0 spiro atoms. The van der Waals surface area contributed by atoms with Crippen LogP contribution in [-0.4, -0.2) is 33.7 Å². The van der Waals surface area contributed by atoms with Crippen LogP contribution >= 0.6 is 15.9 Å². The second kappa shape index (κ2) is 6.51. The number of hydrogen-bond donors (Lipinski definition) is 1. The van der Waals surface area contributed by atoms with Gasteiger partial charge in [0.25, 0.3) is 0 Å². The summed E-state index contributed by atoms with van der Waals surface area (Å²) < 4.78 is 7.43. The molecule has 2 rings (SSSR count). The van der Waals surface area contributed by atoms with E-state index in [9.17, 15) is 4.79 Å². The van der Waals surface area contributed by atoms with E-state index >= 15 is 0 Å². The molecule has 0 amide bonds. The summed E-state index contributed by atoms with van der Waals surface area (Å²) in [7, 11) is 0. The first-order valence-electron chi connectivity index (χ1n) is 6.11. The molecule has 0 unspecified atom stereocenters. The van der Waals surface area contributed by atoms with Crippen molar-refractivity contribution >= 4 is 33.5 Å². The molecule has 0 fully saturated rings. The van der Waals surface area contributed by atoms with Gasteiger partial charge in [0.15, 0.2) is 5.65 Å². The van der Waals surface area contributed by atoms with Crippen LogP contribution in [0.5, 0.6) is 0 Å². The Morgan fingerprint density at radius 3 is 3.16 bits per heavy atom. The molecule has 102 valence electrons. The zero-order chi connectivity index (χ0) is 13.7. The largest absolute Gasteiger partial charge is 0.466 e. The van der Waals surface area contributed by atoms with E-state index < -0.39 is 0 Å². The molecule has 0 atom stereocenters. The van der Waals surface area contributed by atoms with Crippen LogP contribution in [0.4, 0.5) is 5.95 Å². The highest BCUT2D eigenvalue weighted by Gasteiger charge is 2.06. The van der Waals surface area contributed by atoms with Gasteiger partial charge in [0, 0.05) is 19.2 Å². The molecule has 7 heteroatoms. The smallest absolute Gasteiger partial charge is 0.305 e. The van der Waals surface area contributed by atoms with E-state index in [1.807, 2.05) is 18.3 Å². The van der Waals surface area contributed by atoms with Crippen LogP contribution < -0.4 is 5.32 Å². The van der Waals surface area contributed by atoms with Crippen molar-refractivity contribution in [1.29, 1.82) is 0 Å². The molecule has 0 aliphatic rings. The van der Waals surface area contributed by atoms with Crippen molar-refractivity contribution in [2.45, 2.75) is 19.8 Å². The second-order valence-electron chi connectivity index (χ2n) is 3.90. The van der Waals surface area contributed by atoms with Crippen molar-refractivity contribution in [2.24, 2.45) is 0 Å². The lowest BCUT2D eigenvalue weighted by atomic mass is 10.3. The van der Waals surface area contributed by atoms with Gasteiger partial charge >= 0.3 is 5.97 Å². The Hall–Kier alpha value is -1.63. The fourth-order valence-corrected chi connectivity index (χ4v) is 2.04. The van der Waals surface area contributed by atoms with Gasteiger partial charge in [-0.15, -0.1) is 5.10 Å². The zero-order valence-electron chi connectivity index (χ0n) is 10.6. The molecule has 19 heavy (non-hydrogen) atoms. The summed E-state index contributed by atoms with van der Waals surface area (Å²) in [6, 6.07) is 3.80. The first kappa shape index (κ1) is 13.8. The predicted molar refractivity (Wildman–Crippen MR) is 75.0 cm³/mol. The SMILES string of the molecule is CCOC(=O)CCCNc1nc2c(Br)cccn2n1. The summed E-state index contributed by atoms with van der Waals surface area (Å²) >= 11 is 3.42. The van der Waals surface area contributed by atoms with E-state index in [1.54, 1.807) is 11.4 Å². The van der Waals surface area contributed by atoms with Crippen LogP contribution in [0.2, 0.25) is 0 Å². The first-order chi connectivity index (χ1) is 9.20. The molecule has 0 saturated heterocycles. The molecular weight excluding hydrogens is 312 g/mol. The fraction of sp³-hybridized carbons (Fsp3) is 0.417. The van der Waals surface area contributed by atoms with Gasteiger partial charge in [0.1, 0.15) is 0 Å². The van der Waals surface area contributed by atoms with Crippen LogP contribution in [0.15, 0.2) is 22.8 Å². The standard InChI is InChI=1S/C12H15BrN4O2/c1-2-19-10(18)6-3-7-14-12-15-11-9(13)5-4-8-17(11)16-12/h4-5,8H,2-3,6-7H2,1H3,(H,14,16). The molecule has 1 N–H and O–H groups in total. The third kappa shape index (κ3) is 3.66. The molecule has 0 bridgehead atoms. The molecule has 0 aliphatic heterocycles. The van der Waals surface area contributed by atoms with Crippen LogP contribution in [0.3, 0.4) is 0 Å². The van der Waals surface area contributed by atoms with Crippen molar-refractivity contribution < 1.29 is 9.53 Å². The van der Waals surface area contributed by atoms with Gasteiger partial charge in [-0.25, -0.2) is 4.52 Å². The lowest BCUT2D eigenvalue weighted by Crippen LogP contribution is -2.08.